The highest BCUT2D eigenvalue weighted by molar-refractivity contribution is 5.95. The molecule has 1 amide bonds. The van der Waals surface area contributed by atoms with Gasteiger partial charge in [0, 0.05) is 18.2 Å². The predicted molar refractivity (Wildman–Crippen MR) is 71.8 cm³/mol. The molecule has 1 atom stereocenters. The van der Waals surface area contributed by atoms with Crippen molar-refractivity contribution < 1.29 is 19.6 Å². The van der Waals surface area contributed by atoms with Crippen molar-refractivity contribution in [1.29, 1.82) is 0 Å². The van der Waals surface area contributed by atoms with E-state index in [-0.39, 0.29) is 16.9 Å². The Morgan fingerprint density at radius 3 is 2.60 bits per heavy atom. The van der Waals surface area contributed by atoms with E-state index in [1.807, 2.05) is 0 Å². The maximum atomic E-state index is 11.6. The number of rotatable bonds is 6. The molecular weight excluding hydrogens is 266 g/mol. The first-order valence-corrected chi connectivity index (χ1v) is 5.92. The van der Waals surface area contributed by atoms with Gasteiger partial charge in [0.25, 0.3) is 11.6 Å². The molecule has 0 fully saturated rings. The highest BCUT2D eigenvalue weighted by atomic mass is 16.6. The van der Waals surface area contributed by atoms with Crippen molar-refractivity contribution in [2.24, 2.45) is 0 Å². The van der Waals surface area contributed by atoms with Crippen molar-refractivity contribution in [3.8, 4) is 0 Å². The van der Waals surface area contributed by atoms with Crippen LogP contribution in [0.3, 0.4) is 0 Å². The number of benzene rings is 1. The minimum absolute atomic E-state index is 0.0537. The van der Waals surface area contributed by atoms with Crippen LogP contribution in [0.5, 0.6) is 0 Å². The lowest BCUT2D eigenvalue weighted by Crippen LogP contribution is -2.26. The number of hydrogen-bond acceptors (Lipinski definition) is 5. The van der Waals surface area contributed by atoms with Gasteiger partial charge in [-0.1, -0.05) is 0 Å². The summed E-state index contributed by atoms with van der Waals surface area (Å²) in [4.78, 5) is 32.7. The summed E-state index contributed by atoms with van der Waals surface area (Å²) in [7, 11) is 0. The van der Waals surface area contributed by atoms with E-state index < -0.39 is 22.8 Å². The Bertz CT molecular complexity index is 544. The number of carbonyl (C=O) groups is 2. The number of nitrogens with one attached hydrogen (secondary N) is 2. The van der Waals surface area contributed by atoms with Crippen LogP contribution < -0.4 is 10.6 Å². The monoisotopic (exact) mass is 281 g/mol. The normalized spacial score (nSPS) is 11.5. The van der Waals surface area contributed by atoms with E-state index in [2.05, 4.69) is 10.6 Å². The third kappa shape index (κ3) is 3.67. The fourth-order valence-electron chi connectivity index (χ4n) is 1.50. The van der Waals surface area contributed by atoms with Gasteiger partial charge >= 0.3 is 5.97 Å². The Labute approximate surface area is 114 Å². The number of hydrogen-bond donors (Lipinski definition) is 3. The molecule has 0 radical (unpaired) electrons. The summed E-state index contributed by atoms with van der Waals surface area (Å²) >= 11 is 0. The standard InChI is InChI=1S/C12H15N3O5/c1-3-13-11(16)8-4-5-9(10(6-8)15(19)20)14-7(2)12(17)18/h4-7,14H,3H2,1-2H3,(H,13,16)(H,17,18). The number of carboxylic acid groups (broad SMARTS) is 1. The summed E-state index contributed by atoms with van der Waals surface area (Å²) in [5.41, 5.74) is -0.146. The molecule has 0 aliphatic heterocycles. The topological polar surface area (TPSA) is 122 Å². The molecule has 1 aromatic rings. The molecule has 3 N–H and O–H groups in total. The van der Waals surface area contributed by atoms with E-state index in [0.29, 0.717) is 6.54 Å². The molecule has 0 saturated heterocycles. The molecule has 0 bridgehead atoms. The lowest BCUT2D eigenvalue weighted by Gasteiger charge is -2.11. The first-order chi connectivity index (χ1) is 9.36. The van der Waals surface area contributed by atoms with Gasteiger partial charge in [0.1, 0.15) is 11.7 Å². The van der Waals surface area contributed by atoms with Crippen molar-refractivity contribution in [3.63, 3.8) is 0 Å². The molecule has 1 aromatic carbocycles. The molecule has 0 aromatic heterocycles. The summed E-state index contributed by atoms with van der Waals surface area (Å²) in [5, 5.41) is 24.8. The third-order valence-electron chi connectivity index (χ3n) is 2.54. The van der Waals surface area contributed by atoms with E-state index in [1.54, 1.807) is 6.92 Å². The second kappa shape index (κ2) is 6.50. The molecule has 0 aliphatic carbocycles. The third-order valence-corrected chi connectivity index (χ3v) is 2.54. The summed E-state index contributed by atoms with van der Waals surface area (Å²) in [6, 6.07) is 2.85. The predicted octanol–water partition coefficient (Wildman–Crippen LogP) is 1.23. The molecule has 0 heterocycles. The molecule has 0 saturated carbocycles. The van der Waals surface area contributed by atoms with E-state index in [9.17, 15) is 19.7 Å². The second-order valence-electron chi connectivity index (χ2n) is 4.05. The zero-order valence-corrected chi connectivity index (χ0v) is 11.0. The van der Waals surface area contributed by atoms with Crippen molar-refractivity contribution in [2.75, 3.05) is 11.9 Å². The van der Waals surface area contributed by atoms with Gasteiger partial charge in [0.05, 0.1) is 4.92 Å². The Hall–Kier alpha value is -2.64. The maximum Gasteiger partial charge on any atom is 0.325 e. The van der Waals surface area contributed by atoms with Crippen LogP contribution in [0.1, 0.15) is 24.2 Å². The number of nitro benzene ring substituents is 1. The van der Waals surface area contributed by atoms with E-state index >= 15 is 0 Å². The zero-order chi connectivity index (χ0) is 15.3. The molecule has 108 valence electrons. The van der Waals surface area contributed by atoms with Crippen LogP contribution in [0.25, 0.3) is 0 Å². The van der Waals surface area contributed by atoms with Crippen molar-refractivity contribution in [1.82, 2.24) is 5.32 Å². The lowest BCUT2D eigenvalue weighted by molar-refractivity contribution is -0.384. The Morgan fingerprint density at radius 1 is 1.45 bits per heavy atom. The van der Waals surface area contributed by atoms with Crippen LogP contribution in [0.2, 0.25) is 0 Å². The summed E-state index contributed by atoms with van der Waals surface area (Å²) in [5.74, 6) is -1.56. The number of nitro groups is 1. The number of nitrogens with zero attached hydrogens (tertiary/aromatic N) is 1. The zero-order valence-electron chi connectivity index (χ0n) is 11.0. The van der Waals surface area contributed by atoms with Gasteiger partial charge in [0.2, 0.25) is 0 Å². The van der Waals surface area contributed by atoms with Crippen molar-refractivity contribution >= 4 is 23.3 Å². The Balaban J connectivity index is 3.11. The summed E-state index contributed by atoms with van der Waals surface area (Å²) in [6.07, 6.45) is 0. The van der Waals surface area contributed by atoms with Crippen LogP contribution in [0.4, 0.5) is 11.4 Å². The van der Waals surface area contributed by atoms with Crippen molar-refractivity contribution in [2.45, 2.75) is 19.9 Å². The number of anilines is 1. The maximum absolute atomic E-state index is 11.6. The first-order valence-electron chi connectivity index (χ1n) is 5.92. The van der Waals surface area contributed by atoms with Gasteiger partial charge in [-0.3, -0.25) is 19.7 Å². The fourth-order valence-corrected chi connectivity index (χ4v) is 1.50. The van der Waals surface area contributed by atoms with Crippen LogP contribution >= 0.6 is 0 Å². The van der Waals surface area contributed by atoms with Crippen molar-refractivity contribution in [3.05, 3.63) is 33.9 Å². The molecule has 8 nitrogen and oxygen atoms in total. The highest BCUT2D eigenvalue weighted by Gasteiger charge is 2.20. The smallest absolute Gasteiger partial charge is 0.325 e. The summed E-state index contributed by atoms with van der Waals surface area (Å²) < 4.78 is 0. The molecular formula is C12H15N3O5. The van der Waals surface area contributed by atoms with Crippen LogP contribution in [-0.4, -0.2) is 34.5 Å². The minimum Gasteiger partial charge on any atom is -0.480 e. The second-order valence-corrected chi connectivity index (χ2v) is 4.05. The Kier molecular flexibility index (Phi) is 5.01. The van der Waals surface area contributed by atoms with E-state index in [0.717, 1.165) is 6.07 Å². The van der Waals surface area contributed by atoms with Gasteiger partial charge in [-0.2, -0.15) is 0 Å². The van der Waals surface area contributed by atoms with Crippen LogP contribution in [0.15, 0.2) is 18.2 Å². The number of amides is 1. The van der Waals surface area contributed by atoms with Gasteiger partial charge in [0.15, 0.2) is 0 Å². The molecule has 20 heavy (non-hydrogen) atoms. The fraction of sp³-hybridized carbons (Fsp3) is 0.333. The van der Waals surface area contributed by atoms with Gasteiger partial charge in [-0.15, -0.1) is 0 Å². The average molecular weight is 281 g/mol. The number of carboxylic acids is 1. The molecule has 8 heteroatoms. The summed E-state index contributed by atoms with van der Waals surface area (Å²) in [6.45, 7) is 3.50. The Morgan fingerprint density at radius 2 is 2.10 bits per heavy atom. The average Bonchev–Trinajstić information content (AvgIpc) is 2.38. The largest absolute Gasteiger partial charge is 0.480 e. The van der Waals surface area contributed by atoms with Crippen LogP contribution in [0, 0.1) is 10.1 Å². The van der Waals surface area contributed by atoms with Gasteiger partial charge in [-0.25, -0.2) is 0 Å². The van der Waals surface area contributed by atoms with E-state index in [1.165, 1.54) is 19.1 Å². The quantitative estimate of drug-likeness (QED) is 0.532. The highest BCUT2D eigenvalue weighted by Crippen LogP contribution is 2.26. The number of carbonyl (C=O) groups excluding carboxylic acids is 1. The minimum atomic E-state index is -1.13. The van der Waals surface area contributed by atoms with Gasteiger partial charge in [-0.05, 0) is 26.0 Å². The lowest BCUT2D eigenvalue weighted by atomic mass is 10.1. The number of aliphatic carboxylic acids is 1. The SMILES string of the molecule is CCNC(=O)c1ccc(NC(C)C(=O)O)c([N+](=O)[O-])c1. The molecule has 0 aliphatic rings. The molecule has 1 rings (SSSR count). The van der Waals surface area contributed by atoms with E-state index in [4.69, 9.17) is 5.11 Å². The van der Waals surface area contributed by atoms with Crippen LogP contribution in [-0.2, 0) is 4.79 Å². The first kappa shape index (κ1) is 15.4. The molecule has 0 spiro atoms. The molecule has 1 unspecified atom stereocenters. The van der Waals surface area contributed by atoms with Gasteiger partial charge < -0.3 is 15.7 Å².